The summed E-state index contributed by atoms with van der Waals surface area (Å²) in [5, 5.41) is 4.09. The molecule has 0 bridgehead atoms. The summed E-state index contributed by atoms with van der Waals surface area (Å²) < 4.78 is 10.9. The van der Waals surface area contributed by atoms with Crippen LogP contribution < -0.4 is 10.1 Å². The van der Waals surface area contributed by atoms with Crippen molar-refractivity contribution < 1.29 is 19.1 Å². The van der Waals surface area contributed by atoms with Gasteiger partial charge in [0.15, 0.2) is 6.10 Å². The minimum atomic E-state index is -0.744. The van der Waals surface area contributed by atoms with Gasteiger partial charge in [0, 0.05) is 9.90 Å². The molecule has 32 heavy (non-hydrogen) atoms. The molecule has 0 saturated heterocycles. The van der Waals surface area contributed by atoms with Crippen LogP contribution in [0.15, 0.2) is 18.2 Å². The molecule has 174 valence electrons. The normalized spacial score (nSPS) is 16.8. The van der Waals surface area contributed by atoms with Gasteiger partial charge < -0.3 is 14.8 Å². The van der Waals surface area contributed by atoms with Crippen LogP contribution in [0.2, 0.25) is 5.02 Å². The second-order valence-corrected chi connectivity index (χ2v) is 10.7. The lowest BCUT2D eigenvalue weighted by Gasteiger charge is -2.36. The average molecular weight is 478 g/mol. The predicted octanol–water partition coefficient (Wildman–Crippen LogP) is 6.44. The Bertz CT molecular complexity index is 1010. The number of aryl methyl sites for hydroxylation is 1. The fourth-order valence-corrected chi connectivity index (χ4v) is 5.70. The number of halogens is 1. The van der Waals surface area contributed by atoms with E-state index in [-0.39, 0.29) is 11.3 Å². The Morgan fingerprint density at radius 2 is 2.06 bits per heavy atom. The first-order valence-electron chi connectivity index (χ1n) is 11.0. The highest BCUT2D eigenvalue weighted by atomic mass is 35.5. The summed E-state index contributed by atoms with van der Waals surface area (Å²) in [5.74, 6) is 0.421. The summed E-state index contributed by atoms with van der Waals surface area (Å²) in [5.41, 5.74) is 2.59. The summed E-state index contributed by atoms with van der Waals surface area (Å²) in [6.07, 6.45) is 3.11. The molecule has 0 spiro atoms. The quantitative estimate of drug-likeness (QED) is 0.466. The number of methoxy groups -OCH3 is 1. The molecule has 1 amide bonds. The molecule has 1 aromatic carbocycles. The SMILES string of the molecule is CCC(C)(C)C1CCc2c(sc(NC(=O)C(C)Oc3ccc(Cl)cc3C)c2C(=O)OC)C1. The zero-order valence-corrected chi connectivity index (χ0v) is 21.2. The molecule has 1 aromatic heterocycles. The molecule has 3 rings (SSSR count). The third-order valence-corrected chi connectivity index (χ3v) is 8.12. The molecule has 0 radical (unpaired) electrons. The maximum atomic E-state index is 12.9. The van der Waals surface area contributed by atoms with E-state index >= 15 is 0 Å². The second-order valence-electron chi connectivity index (χ2n) is 9.14. The van der Waals surface area contributed by atoms with Crippen molar-refractivity contribution in [2.45, 2.75) is 66.4 Å². The number of anilines is 1. The summed E-state index contributed by atoms with van der Waals surface area (Å²) in [4.78, 5) is 26.7. The fraction of sp³-hybridized carbons (Fsp3) is 0.520. The Labute approximate surface area is 199 Å². The fourth-order valence-electron chi connectivity index (χ4n) is 4.15. The number of hydrogen-bond acceptors (Lipinski definition) is 5. The van der Waals surface area contributed by atoms with Crippen LogP contribution in [0.4, 0.5) is 5.00 Å². The van der Waals surface area contributed by atoms with E-state index in [1.165, 1.54) is 23.3 Å². The minimum absolute atomic E-state index is 0.231. The predicted molar refractivity (Wildman–Crippen MR) is 130 cm³/mol. The molecule has 0 aliphatic heterocycles. The van der Waals surface area contributed by atoms with Gasteiger partial charge >= 0.3 is 5.97 Å². The van der Waals surface area contributed by atoms with Crippen molar-refractivity contribution in [3.63, 3.8) is 0 Å². The molecule has 1 heterocycles. The Kier molecular flexibility index (Phi) is 7.56. The zero-order valence-electron chi connectivity index (χ0n) is 19.6. The van der Waals surface area contributed by atoms with Crippen molar-refractivity contribution in [3.8, 4) is 5.75 Å². The van der Waals surface area contributed by atoms with Gasteiger partial charge in [0.05, 0.1) is 12.7 Å². The monoisotopic (exact) mass is 477 g/mol. The molecule has 1 aliphatic rings. The molecule has 1 aliphatic carbocycles. The highest BCUT2D eigenvalue weighted by molar-refractivity contribution is 7.17. The Hall–Kier alpha value is -2.05. The van der Waals surface area contributed by atoms with Crippen LogP contribution in [0, 0.1) is 18.3 Å². The molecule has 1 N–H and O–H groups in total. The lowest BCUT2D eigenvalue weighted by molar-refractivity contribution is -0.122. The van der Waals surface area contributed by atoms with Crippen molar-refractivity contribution in [1.82, 2.24) is 0 Å². The van der Waals surface area contributed by atoms with E-state index < -0.39 is 12.1 Å². The second kappa shape index (κ2) is 9.84. The van der Waals surface area contributed by atoms with Crippen LogP contribution in [-0.4, -0.2) is 25.1 Å². The van der Waals surface area contributed by atoms with E-state index in [0.29, 0.717) is 27.3 Å². The van der Waals surface area contributed by atoms with Crippen LogP contribution in [0.5, 0.6) is 5.75 Å². The topological polar surface area (TPSA) is 64.6 Å². The average Bonchev–Trinajstić information content (AvgIpc) is 3.11. The number of nitrogens with one attached hydrogen (secondary N) is 1. The zero-order chi connectivity index (χ0) is 23.6. The van der Waals surface area contributed by atoms with Gasteiger partial charge in [-0.05, 0) is 73.8 Å². The van der Waals surface area contributed by atoms with Crippen LogP contribution in [0.25, 0.3) is 0 Å². The van der Waals surface area contributed by atoms with Gasteiger partial charge in [-0.2, -0.15) is 0 Å². The summed E-state index contributed by atoms with van der Waals surface area (Å²) >= 11 is 7.49. The van der Waals surface area contributed by atoms with Gasteiger partial charge in [0.1, 0.15) is 10.8 Å². The van der Waals surface area contributed by atoms with Gasteiger partial charge in [0.2, 0.25) is 0 Å². The Morgan fingerprint density at radius 3 is 2.69 bits per heavy atom. The largest absolute Gasteiger partial charge is 0.481 e. The number of amides is 1. The van der Waals surface area contributed by atoms with Gasteiger partial charge in [-0.25, -0.2) is 4.79 Å². The van der Waals surface area contributed by atoms with Crippen LogP contribution in [0.3, 0.4) is 0 Å². The van der Waals surface area contributed by atoms with Crippen molar-refractivity contribution in [2.24, 2.45) is 11.3 Å². The summed E-state index contributed by atoms with van der Waals surface area (Å²) in [7, 11) is 1.37. The van der Waals surface area contributed by atoms with Gasteiger partial charge in [-0.1, -0.05) is 38.8 Å². The molecule has 0 saturated carbocycles. The van der Waals surface area contributed by atoms with E-state index in [4.69, 9.17) is 21.1 Å². The lowest BCUT2D eigenvalue weighted by Crippen LogP contribution is -2.30. The van der Waals surface area contributed by atoms with E-state index in [2.05, 4.69) is 26.1 Å². The molecule has 5 nitrogen and oxygen atoms in total. The standard InChI is InChI=1S/C25H32ClNO4S/c1-7-25(4,5)16-8-10-18-20(13-16)32-23(21(18)24(29)30-6)27-22(28)15(3)31-19-11-9-17(26)12-14(19)2/h9,11-12,15-16H,7-8,10,13H2,1-6H3,(H,27,28). The van der Waals surface area contributed by atoms with E-state index in [1.54, 1.807) is 25.1 Å². The number of thiophene rings is 1. The third-order valence-electron chi connectivity index (χ3n) is 6.72. The van der Waals surface area contributed by atoms with Crippen LogP contribution >= 0.6 is 22.9 Å². The molecule has 7 heteroatoms. The number of carbonyl (C=O) groups excluding carboxylic acids is 2. The number of benzene rings is 1. The molecular weight excluding hydrogens is 446 g/mol. The first-order valence-corrected chi connectivity index (χ1v) is 12.2. The molecule has 2 unspecified atom stereocenters. The number of rotatable bonds is 7. The third kappa shape index (κ3) is 5.12. The van der Waals surface area contributed by atoms with Crippen LogP contribution in [-0.2, 0) is 22.4 Å². The minimum Gasteiger partial charge on any atom is -0.481 e. The lowest BCUT2D eigenvalue weighted by atomic mass is 9.69. The molecule has 0 fully saturated rings. The van der Waals surface area contributed by atoms with Crippen molar-refractivity contribution >= 4 is 39.8 Å². The highest BCUT2D eigenvalue weighted by Crippen LogP contribution is 2.45. The Morgan fingerprint density at radius 1 is 1.34 bits per heavy atom. The van der Waals surface area contributed by atoms with Crippen molar-refractivity contribution in [1.29, 1.82) is 0 Å². The number of fused-ring (bicyclic) bond motifs is 1. The highest BCUT2D eigenvalue weighted by Gasteiger charge is 2.36. The molecule has 2 atom stereocenters. The Balaban J connectivity index is 1.82. The molecular formula is C25H32ClNO4S. The van der Waals surface area contributed by atoms with E-state index in [1.807, 2.05) is 6.92 Å². The van der Waals surface area contributed by atoms with Gasteiger partial charge in [-0.3, -0.25) is 4.79 Å². The maximum absolute atomic E-state index is 12.9. The number of carbonyl (C=O) groups is 2. The number of hydrogen-bond donors (Lipinski definition) is 1. The smallest absolute Gasteiger partial charge is 0.341 e. The van der Waals surface area contributed by atoms with E-state index in [9.17, 15) is 9.59 Å². The summed E-state index contributed by atoms with van der Waals surface area (Å²) in [6, 6.07) is 5.27. The van der Waals surface area contributed by atoms with Gasteiger partial charge in [-0.15, -0.1) is 11.3 Å². The first-order chi connectivity index (χ1) is 15.1. The number of esters is 1. The van der Waals surface area contributed by atoms with Gasteiger partial charge in [0.25, 0.3) is 5.91 Å². The van der Waals surface area contributed by atoms with Crippen LogP contribution in [0.1, 0.15) is 66.9 Å². The van der Waals surface area contributed by atoms with Crippen molar-refractivity contribution in [3.05, 3.63) is 44.8 Å². The maximum Gasteiger partial charge on any atom is 0.341 e. The summed E-state index contributed by atoms with van der Waals surface area (Å²) in [6.45, 7) is 10.4. The first kappa shape index (κ1) is 24.6. The van der Waals surface area contributed by atoms with E-state index in [0.717, 1.165) is 36.8 Å². The number of ether oxygens (including phenoxy) is 2. The van der Waals surface area contributed by atoms with Crippen molar-refractivity contribution in [2.75, 3.05) is 12.4 Å². The molecule has 2 aromatic rings.